The molecule has 0 radical (unpaired) electrons. The van der Waals surface area contributed by atoms with Crippen LogP contribution in [0.3, 0.4) is 0 Å². The molecule has 27 heavy (non-hydrogen) atoms. The van der Waals surface area contributed by atoms with Crippen molar-refractivity contribution in [3.63, 3.8) is 0 Å². The highest BCUT2D eigenvalue weighted by atomic mass is 16.2. The van der Waals surface area contributed by atoms with Gasteiger partial charge in [0.1, 0.15) is 0 Å². The van der Waals surface area contributed by atoms with Gasteiger partial charge in [-0.05, 0) is 29.8 Å². The van der Waals surface area contributed by atoms with Gasteiger partial charge in [-0.25, -0.2) is 0 Å². The highest BCUT2D eigenvalue weighted by molar-refractivity contribution is 5.80. The van der Waals surface area contributed by atoms with Gasteiger partial charge >= 0.3 is 0 Å². The number of amides is 2. The van der Waals surface area contributed by atoms with Crippen molar-refractivity contribution in [1.29, 1.82) is 0 Å². The van der Waals surface area contributed by atoms with E-state index < -0.39 is 0 Å². The molecule has 1 aliphatic rings. The first kappa shape index (κ1) is 18.8. The van der Waals surface area contributed by atoms with Crippen LogP contribution in [0.4, 0.5) is 11.4 Å². The summed E-state index contributed by atoms with van der Waals surface area (Å²) in [5, 5.41) is 2.82. The highest BCUT2D eigenvalue weighted by Crippen LogP contribution is 2.15. The van der Waals surface area contributed by atoms with Gasteiger partial charge in [0.25, 0.3) is 0 Å². The Balaban J connectivity index is 1.36. The summed E-state index contributed by atoms with van der Waals surface area (Å²) in [7, 11) is 0. The molecule has 1 saturated heterocycles. The maximum absolute atomic E-state index is 12.4. The molecule has 1 heterocycles. The summed E-state index contributed by atoms with van der Waals surface area (Å²) < 4.78 is 0. The minimum atomic E-state index is -0.0820. The Hall–Kier alpha value is -3.02. The largest absolute Gasteiger partial charge is 0.399 e. The molecule has 1 aliphatic heterocycles. The number of hydrogen-bond donors (Lipinski definition) is 2. The standard InChI is InChI=1S/C21H26N4O2/c22-18-8-6-17(7-9-18)16-20(26)23-11-10-21(27)25-14-12-24(13-15-25)19-4-2-1-3-5-19/h1-9H,10-16,22H2,(H,23,26). The topological polar surface area (TPSA) is 78.7 Å². The van der Waals surface area contributed by atoms with Crippen molar-refractivity contribution in [3.8, 4) is 0 Å². The van der Waals surface area contributed by atoms with Crippen LogP contribution in [0.1, 0.15) is 12.0 Å². The average Bonchev–Trinajstić information content (AvgIpc) is 2.70. The number of carbonyl (C=O) groups excluding carboxylic acids is 2. The van der Waals surface area contributed by atoms with Gasteiger partial charge in [-0.1, -0.05) is 30.3 Å². The summed E-state index contributed by atoms with van der Waals surface area (Å²) in [6.45, 7) is 3.46. The second-order valence-electron chi connectivity index (χ2n) is 6.72. The van der Waals surface area contributed by atoms with Crippen molar-refractivity contribution in [1.82, 2.24) is 10.2 Å². The summed E-state index contributed by atoms with van der Waals surface area (Å²) in [5.41, 5.74) is 8.42. The Bertz CT molecular complexity index is 754. The summed E-state index contributed by atoms with van der Waals surface area (Å²) in [6, 6.07) is 17.5. The van der Waals surface area contributed by atoms with E-state index in [1.165, 1.54) is 5.69 Å². The molecule has 0 aromatic heterocycles. The second-order valence-corrected chi connectivity index (χ2v) is 6.72. The predicted molar refractivity (Wildman–Crippen MR) is 107 cm³/mol. The molecular weight excluding hydrogens is 340 g/mol. The van der Waals surface area contributed by atoms with Crippen molar-refractivity contribution < 1.29 is 9.59 Å². The molecule has 142 valence electrons. The number of benzene rings is 2. The lowest BCUT2D eigenvalue weighted by atomic mass is 10.1. The zero-order valence-corrected chi connectivity index (χ0v) is 15.4. The Morgan fingerprint density at radius 1 is 0.926 bits per heavy atom. The first-order valence-electron chi connectivity index (χ1n) is 9.31. The van der Waals surface area contributed by atoms with E-state index >= 15 is 0 Å². The summed E-state index contributed by atoms with van der Waals surface area (Å²) in [4.78, 5) is 28.5. The minimum absolute atomic E-state index is 0.0820. The summed E-state index contributed by atoms with van der Waals surface area (Å²) >= 11 is 0. The zero-order chi connectivity index (χ0) is 19.1. The fraction of sp³-hybridized carbons (Fsp3) is 0.333. The molecule has 1 fully saturated rings. The lowest BCUT2D eigenvalue weighted by Gasteiger charge is -2.36. The van der Waals surface area contributed by atoms with Gasteiger partial charge in [0.15, 0.2) is 0 Å². The molecule has 0 spiro atoms. The predicted octanol–water partition coefficient (Wildman–Crippen LogP) is 1.67. The van der Waals surface area contributed by atoms with Crippen molar-refractivity contribution in [2.24, 2.45) is 0 Å². The Morgan fingerprint density at radius 3 is 2.26 bits per heavy atom. The quantitative estimate of drug-likeness (QED) is 0.762. The van der Waals surface area contributed by atoms with Gasteiger partial charge in [0, 0.05) is 50.5 Å². The van der Waals surface area contributed by atoms with E-state index in [1.807, 2.05) is 35.2 Å². The van der Waals surface area contributed by atoms with Gasteiger partial charge in [-0.3, -0.25) is 9.59 Å². The van der Waals surface area contributed by atoms with E-state index in [1.54, 1.807) is 12.1 Å². The molecule has 0 aliphatic carbocycles. The van der Waals surface area contributed by atoms with Crippen molar-refractivity contribution in [2.45, 2.75) is 12.8 Å². The molecule has 3 N–H and O–H groups in total. The van der Waals surface area contributed by atoms with Crippen LogP contribution in [0.25, 0.3) is 0 Å². The van der Waals surface area contributed by atoms with Crippen molar-refractivity contribution in [2.75, 3.05) is 43.4 Å². The zero-order valence-electron chi connectivity index (χ0n) is 15.4. The van der Waals surface area contributed by atoms with E-state index in [9.17, 15) is 9.59 Å². The third-order valence-corrected chi connectivity index (χ3v) is 4.76. The number of nitrogens with two attached hydrogens (primary N) is 1. The first-order chi connectivity index (χ1) is 13.1. The lowest BCUT2D eigenvalue weighted by molar-refractivity contribution is -0.131. The molecule has 6 heteroatoms. The van der Waals surface area contributed by atoms with E-state index in [2.05, 4.69) is 22.3 Å². The van der Waals surface area contributed by atoms with E-state index in [0.29, 0.717) is 38.2 Å². The van der Waals surface area contributed by atoms with Gasteiger partial charge in [-0.15, -0.1) is 0 Å². The molecule has 0 unspecified atom stereocenters. The molecule has 2 aromatic rings. The van der Waals surface area contributed by atoms with E-state index in [4.69, 9.17) is 5.73 Å². The number of nitrogens with one attached hydrogen (secondary N) is 1. The number of para-hydroxylation sites is 1. The van der Waals surface area contributed by atoms with E-state index in [-0.39, 0.29) is 11.8 Å². The molecule has 0 saturated carbocycles. The molecule has 3 rings (SSSR count). The summed E-state index contributed by atoms with van der Waals surface area (Å²) in [5.74, 6) is 0.0111. The fourth-order valence-corrected chi connectivity index (χ4v) is 3.20. The van der Waals surface area contributed by atoms with Crippen LogP contribution in [0.2, 0.25) is 0 Å². The summed E-state index contributed by atoms with van der Waals surface area (Å²) in [6.07, 6.45) is 0.628. The molecule has 2 amide bonds. The maximum atomic E-state index is 12.4. The number of anilines is 2. The van der Waals surface area contributed by atoms with Crippen LogP contribution in [-0.4, -0.2) is 49.4 Å². The number of piperazine rings is 1. The van der Waals surface area contributed by atoms with Crippen molar-refractivity contribution >= 4 is 23.2 Å². The Morgan fingerprint density at radius 2 is 1.59 bits per heavy atom. The second kappa shape index (κ2) is 9.07. The number of hydrogen-bond acceptors (Lipinski definition) is 4. The van der Waals surface area contributed by atoms with Gasteiger partial charge in [0.05, 0.1) is 6.42 Å². The van der Waals surface area contributed by atoms with Gasteiger partial charge in [0.2, 0.25) is 11.8 Å². The van der Waals surface area contributed by atoms with Gasteiger partial charge < -0.3 is 20.9 Å². The minimum Gasteiger partial charge on any atom is -0.399 e. The first-order valence-corrected chi connectivity index (χ1v) is 9.31. The third kappa shape index (κ3) is 5.48. The van der Waals surface area contributed by atoms with Crippen LogP contribution in [0.15, 0.2) is 54.6 Å². The van der Waals surface area contributed by atoms with Crippen molar-refractivity contribution in [3.05, 3.63) is 60.2 Å². The maximum Gasteiger partial charge on any atom is 0.224 e. The van der Waals surface area contributed by atoms with Crippen LogP contribution < -0.4 is 16.0 Å². The number of rotatable bonds is 6. The smallest absolute Gasteiger partial charge is 0.224 e. The molecule has 2 aromatic carbocycles. The number of nitrogen functional groups attached to an aromatic ring is 1. The monoisotopic (exact) mass is 366 g/mol. The highest BCUT2D eigenvalue weighted by Gasteiger charge is 2.20. The fourth-order valence-electron chi connectivity index (χ4n) is 3.20. The van der Waals surface area contributed by atoms with Gasteiger partial charge in [-0.2, -0.15) is 0 Å². The molecule has 0 bridgehead atoms. The Labute approximate surface area is 159 Å². The molecule has 6 nitrogen and oxygen atoms in total. The lowest BCUT2D eigenvalue weighted by Crippen LogP contribution is -2.49. The van der Waals surface area contributed by atoms with Crippen LogP contribution in [0.5, 0.6) is 0 Å². The number of nitrogens with zero attached hydrogens (tertiary/aromatic N) is 2. The average molecular weight is 366 g/mol. The molecular formula is C21H26N4O2. The van der Waals surface area contributed by atoms with Crippen LogP contribution >= 0.6 is 0 Å². The van der Waals surface area contributed by atoms with E-state index in [0.717, 1.165) is 18.7 Å². The number of carbonyl (C=O) groups is 2. The molecule has 0 atom stereocenters. The normalized spacial score (nSPS) is 14.1. The Kier molecular flexibility index (Phi) is 6.30. The third-order valence-electron chi connectivity index (χ3n) is 4.76. The van der Waals surface area contributed by atoms with Crippen LogP contribution in [0, 0.1) is 0 Å². The SMILES string of the molecule is Nc1ccc(CC(=O)NCCC(=O)N2CCN(c3ccccc3)CC2)cc1. The van der Waals surface area contributed by atoms with Crippen LogP contribution in [-0.2, 0) is 16.0 Å².